The van der Waals surface area contributed by atoms with Crippen molar-refractivity contribution >= 4 is 21.4 Å². The van der Waals surface area contributed by atoms with Crippen molar-refractivity contribution < 1.29 is 8.42 Å². The Labute approximate surface area is 127 Å². The topological polar surface area (TPSA) is 58.2 Å². The average molecular weight is 319 g/mol. The molecule has 0 saturated heterocycles. The number of sulfonamides is 1. The Balaban J connectivity index is 2.67. The summed E-state index contributed by atoms with van der Waals surface area (Å²) in [6.45, 7) is 7.88. The molecule has 1 aromatic rings. The highest BCUT2D eigenvalue weighted by molar-refractivity contribution is 7.89. The van der Waals surface area contributed by atoms with Gasteiger partial charge in [0.2, 0.25) is 10.0 Å². The summed E-state index contributed by atoms with van der Waals surface area (Å²) >= 11 is 1.49. The van der Waals surface area contributed by atoms with Crippen LogP contribution in [0.25, 0.3) is 0 Å². The van der Waals surface area contributed by atoms with Crippen molar-refractivity contribution in [3.63, 3.8) is 0 Å². The maximum Gasteiger partial charge on any atom is 0.241 e. The fourth-order valence-electron chi connectivity index (χ4n) is 1.96. The lowest BCUT2D eigenvalue weighted by atomic mass is 10.1. The van der Waals surface area contributed by atoms with E-state index in [2.05, 4.69) is 23.9 Å². The lowest BCUT2D eigenvalue weighted by molar-refractivity contribution is 0.512. The first kappa shape index (κ1) is 17.6. The van der Waals surface area contributed by atoms with Gasteiger partial charge < -0.3 is 5.32 Å². The predicted molar refractivity (Wildman–Crippen MR) is 85.6 cm³/mol. The molecule has 116 valence electrons. The third-order valence-corrected chi connectivity index (χ3v) is 5.70. The molecule has 20 heavy (non-hydrogen) atoms. The van der Waals surface area contributed by atoms with Gasteiger partial charge in [-0.2, -0.15) is 0 Å². The number of thiophene rings is 1. The normalized spacial score (nSPS) is 13.6. The summed E-state index contributed by atoms with van der Waals surface area (Å²) in [5.74, 6) is 0. The molecule has 0 radical (unpaired) electrons. The molecule has 0 aromatic carbocycles. The number of hydrogen-bond donors (Lipinski definition) is 2. The highest BCUT2D eigenvalue weighted by Crippen LogP contribution is 2.20. The third-order valence-electron chi connectivity index (χ3n) is 3.12. The Morgan fingerprint density at radius 2 is 2.00 bits per heavy atom. The molecule has 6 heteroatoms. The van der Waals surface area contributed by atoms with Crippen molar-refractivity contribution in [3.05, 3.63) is 16.3 Å². The summed E-state index contributed by atoms with van der Waals surface area (Å²) in [5.41, 5.74) is 0. The van der Waals surface area contributed by atoms with Crippen LogP contribution in [-0.2, 0) is 16.6 Å². The molecule has 0 spiro atoms. The quantitative estimate of drug-likeness (QED) is 0.652. The molecule has 0 amide bonds. The van der Waals surface area contributed by atoms with Crippen molar-refractivity contribution in [1.82, 2.24) is 10.0 Å². The molecule has 0 aliphatic rings. The number of nitrogens with one attached hydrogen (secondary N) is 2. The van der Waals surface area contributed by atoms with E-state index >= 15 is 0 Å². The fraction of sp³-hybridized carbons (Fsp3) is 0.714. The van der Waals surface area contributed by atoms with E-state index in [0.29, 0.717) is 4.90 Å². The Morgan fingerprint density at radius 1 is 1.25 bits per heavy atom. The average Bonchev–Trinajstić information content (AvgIpc) is 2.88. The highest BCUT2D eigenvalue weighted by Gasteiger charge is 2.19. The minimum absolute atomic E-state index is 0.0339. The summed E-state index contributed by atoms with van der Waals surface area (Å²) in [4.78, 5) is 1.45. The molecule has 2 N–H and O–H groups in total. The summed E-state index contributed by atoms with van der Waals surface area (Å²) in [7, 11) is -3.37. The molecule has 0 aliphatic carbocycles. The lowest BCUT2D eigenvalue weighted by Crippen LogP contribution is -2.34. The zero-order valence-electron chi connectivity index (χ0n) is 12.6. The van der Waals surface area contributed by atoms with E-state index in [-0.39, 0.29) is 6.04 Å². The molecule has 0 bridgehead atoms. The van der Waals surface area contributed by atoms with Crippen LogP contribution in [-0.4, -0.2) is 21.0 Å². The molecule has 1 rings (SSSR count). The van der Waals surface area contributed by atoms with E-state index in [9.17, 15) is 8.42 Å². The smallest absolute Gasteiger partial charge is 0.241 e. The van der Waals surface area contributed by atoms with E-state index in [0.717, 1.165) is 43.6 Å². The number of hydrogen-bond acceptors (Lipinski definition) is 4. The molecular weight excluding hydrogens is 292 g/mol. The molecule has 0 saturated carbocycles. The van der Waals surface area contributed by atoms with Crippen LogP contribution in [0.3, 0.4) is 0 Å². The van der Waals surface area contributed by atoms with E-state index in [1.165, 1.54) is 11.3 Å². The van der Waals surface area contributed by atoms with Crippen LogP contribution in [0.5, 0.6) is 0 Å². The summed E-state index contributed by atoms with van der Waals surface area (Å²) in [6.07, 6.45) is 3.76. The van der Waals surface area contributed by atoms with Gasteiger partial charge in [0.25, 0.3) is 0 Å². The zero-order valence-corrected chi connectivity index (χ0v) is 14.2. The minimum atomic E-state index is -3.37. The Hall–Kier alpha value is -0.430. The lowest BCUT2D eigenvalue weighted by Gasteiger charge is -2.15. The van der Waals surface area contributed by atoms with Crippen LogP contribution in [0, 0.1) is 0 Å². The van der Waals surface area contributed by atoms with Gasteiger partial charge in [-0.05, 0) is 31.9 Å². The van der Waals surface area contributed by atoms with Crippen molar-refractivity contribution in [2.24, 2.45) is 0 Å². The van der Waals surface area contributed by atoms with Gasteiger partial charge in [-0.1, -0.05) is 27.2 Å². The van der Waals surface area contributed by atoms with E-state index < -0.39 is 10.0 Å². The van der Waals surface area contributed by atoms with Gasteiger partial charge in [0.1, 0.15) is 0 Å². The van der Waals surface area contributed by atoms with Crippen LogP contribution in [0.4, 0.5) is 0 Å². The van der Waals surface area contributed by atoms with Crippen molar-refractivity contribution in [1.29, 1.82) is 0 Å². The molecular formula is C14H26N2O2S2. The minimum Gasteiger partial charge on any atom is -0.312 e. The summed E-state index contributed by atoms with van der Waals surface area (Å²) in [6, 6.07) is 1.81. The maximum absolute atomic E-state index is 12.3. The van der Waals surface area contributed by atoms with Gasteiger partial charge in [0.15, 0.2) is 0 Å². The predicted octanol–water partition coefficient (Wildman–Crippen LogP) is 3.10. The van der Waals surface area contributed by atoms with Crippen LogP contribution in [0.1, 0.15) is 51.3 Å². The van der Waals surface area contributed by atoms with Gasteiger partial charge in [0, 0.05) is 22.8 Å². The highest BCUT2D eigenvalue weighted by atomic mass is 32.2. The van der Waals surface area contributed by atoms with Crippen molar-refractivity contribution in [2.75, 3.05) is 6.54 Å². The monoisotopic (exact) mass is 318 g/mol. The first-order valence-corrected chi connectivity index (χ1v) is 9.70. The second-order valence-corrected chi connectivity index (χ2v) is 7.65. The van der Waals surface area contributed by atoms with Gasteiger partial charge in [-0.3, -0.25) is 0 Å². The zero-order chi connectivity index (χ0) is 15.0. The van der Waals surface area contributed by atoms with Crippen LogP contribution in [0.2, 0.25) is 0 Å². The standard InChI is InChI=1S/C14H26N2O2S2/c1-4-7-12(6-3)16-20(17,18)14-9-13(19-11-14)10-15-8-5-2/h9,11-12,15-16H,4-8,10H2,1-3H3. The Morgan fingerprint density at radius 3 is 2.60 bits per heavy atom. The second-order valence-electron chi connectivity index (χ2n) is 4.94. The van der Waals surface area contributed by atoms with Gasteiger partial charge >= 0.3 is 0 Å². The molecule has 0 fully saturated rings. The molecule has 1 heterocycles. The van der Waals surface area contributed by atoms with Gasteiger partial charge in [-0.25, -0.2) is 13.1 Å². The fourth-order valence-corrected chi connectivity index (χ4v) is 4.56. The first-order valence-electron chi connectivity index (χ1n) is 7.33. The third kappa shape index (κ3) is 5.52. The molecule has 1 aromatic heterocycles. The Bertz CT molecular complexity index is 483. The van der Waals surface area contributed by atoms with Crippen molar-refractivity contribution in [2.45, 2.75) is 63.9 Å². The molecule has 0 aliphatic heterocycles. The van der Waals surface area contributed by atoms with Crippen LogP contribution >= 0.6 is 11.3 Å². The van der Waals surface area contributed by atoms with Gasteiger partial charge in [0.05, 0.1) is 4.90 Å². The molecule has 4 nitrogen and oxygen atoms in total. The van der Waals surface area contributed by atoms with Crippen molar-refractivity contribution in [3.8, 4) is 0 Å². The van der Waals surface area contributed by atoms with E-state index in [4.69, 9.17) is 0 Å². The summed E-state index contributed by atoms with van der Waals surface area (Å²) < 4.78 is 27.4. The largest absolute Gasteiger partial charge is 0.312 e. The Kier molecular flexibility index (Phi) is 7.72. The first-order chi connectivity index (χ1) is 9.53. The molecule has 1 unspecified atom stereocenters. The molecule has 1 atom stereocenters. The van der Waals surface area contributed by atoms with Crippen LogP contribution < -0.4 is 10.0 Å². The number of rotatable bonds is 10. The van der Waals surface area contributed by atoms with Crippen LogP contribution in [0.15, 0.2) is 16.3 Å². The van der Waals surface area contributed by atoms with Gasteiger partial charge in [-0.15, -0.1) is 11.3 Å². The van der Waals surface area contributed by atoms with E-state index in [1.807, 2.05) is 6.92 Å². The SMILES string of the molecule is CCCNCc1cc(S(=O)(=O)NC(CC)CCC)cs1. The van der Waals surface area contributed by atoms with E-state index in [1.54, 1.807) is 11.4 Å². The second kappa shape index (κ2) is 8.77. The maximum atomic E-state index is 12.3. The summed E-state index contributed by atoms with van der Waals surface area (Å²) in [5, 5.41) is 5.01.